The van der Waals surface area contributed by atoms with Crippen LogP contribution in [0.3, 0.4) is 0 Å². The number of ketones is 1. The van der Waals surface area contributed by atoms with E-state index >= 15 is 0 Å². The number of carbonyl (C=O) groups excluding carboxylic acids is 1. The van der Waals surface area contributed by atoms with Crippen LogP contribution in [0, 0.1) is 12.8 Å². The van der Waals surface area contributed by atoms with Gasteiger partial charge in [0, 0.05) is 5.57 Å². The first-order chi connectivity index (χ1) is 10.6. The molecular formula is C17H18ClNO3S. The molecule has 0 aliphatic heterocycles. The number of rotatable bonds is 3. The predicted octanol–water partition coefficient (Wildman–Crippen LogP) is 3.80. The lowest BCUT2D eigenvalue weighted by molar-refractivity contribution is -0.112. The zero-order valence-electron chi connectivity index (χ0n) is 13.4. The molecule has 0 spiro atoms. The quantitative estimate of drug-likeness (QED) is 0.778. The largest absolute Gasteiger partial charge is 0.288 e. The summed E-state index contributed by atoms with van der Waals surface area (Å²) in [4.78, 5) is 12.2. The number of halogens is 1. The number of aryl methyl sites for hydroxylation is 1. The second-order valence-electron chi connectivity index (χ2n) is 5.79. The molecule has 0 N–H and O–H groups in total. The van der Waals surface area contributed by atoms with Gasteiger partial charge in [-0.2, -0.15) is 12.8 Å². The van der Waals surface area contributed by atoms with E-state index in [1.165, 1.54) is 18.2 Å². The summed E-state index contributed by atoms with van der Waals surface area (Å²) in [5, 5.41) is 0.0223. The van der Waals surface area contributed by atoms with E-state index in [2.05, 4.69) is 4.40 Å². The van der Waals surface area contributed by atoms with Gasteiger partial charge in [0.2, 0.25) is 5.78 Å². The van der Waals surface area contributed by atoms with Crippen molar-refractivity contribution in [3.63, 3.8) is 0 Å². The molecule has 6 heteroatoms. The topological polar surface area (TPSA) is 63.6 Å². The van der Waals surface area contributed by atoms with E-state index in [-0.39, 0.29) is 27.3 Å². The standard InChI is InChI=1S/C17H18ClNO3S/c1-10(2)14-9-15(12(4)16(18)17(14)20)19-23(21,22)13-7-5-11(3)6-8-13/h5-10H,1-4H3. The van der Waals surface area contributed by atoms with Gasteiger partial charge in [-0.05, 0) is 43.5 Å². The van der Waals surface area contributed by atoms with Crippen molar-refractivity contribution < 1.29 is 13.2 Å². The molecule has 0 amide bonds. The predicted molar refractivity (Wildman–Crippen MR) is 92.3 cm³/mol. The molecular weight excluding hydrogens is 334 g/mol. The smallest absolute Gasteiger partial charge is 0.282 e. The van der Waals surface area contributed by atoms with E-state index in [4.69, 9.17) is 11.6 Å². The molecule has 0 fully saturated rings. The molecule has 23 heavy (non-hydrogen) atoms. The van der Waals surface area contributed by atoms with Crippen LogP contribution in [-0.2, 0) is 14.8 Å². The second-order valence-corrected chi connectivity index (χ2v) is 7.77. The molecule has 0 saturated carbocycles. The van der Waals surface area contributed by atoms with Gasteiger partial charge < -0.3 is 0 Å². The number of nitrogens with zero attached hydrogens (tertiary/aromatic N) is 1. The number of Topliss-reactive ketones (excluding diaryl/α,β-unsaturated/α-hetero) is 1. The Morgan fingerprint density at radius 3 is 2.17 bits per heavy atom. The molecule has 2 rings (SSSR count). The lowest BCUT2D eigenvalue weighted by atomic mass is 9.90. The summed E-state index contributed by atoms with van der Waals surface area (Å²) in [6, 6.07) is 6.44. The molecule has 1 aliphatic rings. The third-order valence-electron chi connectivity index (χ3n) is 3.63. The van der Waals surface area contributed by atoms with Crippen LogP contribution in [0.5, 0.6) is 0 Å². The minimum Gasteiger partial charge on any atom is -0.288 e. The van der Waals surface area contributed by atoms with Crippen molar-refractivity contribution in [2.45, 2.75) is 32.6 Å². The summed E-state index contributed by atoms with van der Waals surface area (Å²) >= 11 is 6.06. The van der Waals surface area contributed by atoms with Crippen molar-refractivity contribution in [2.75, 3.05) is 0 Å². The Bertz CT molecular complexity index is 844. The highest BCUT2D eigenvalue weighted by Gasteiger charge is 2.27. The van der Waals surface area contributed by atoms with Gasteiger partial charge in [-0.25, -0.2) is 0 Å². The van der Waals surface area contributed by atoms with Gasteiger partial charge in [-0.15, -0.1) is 0 Å². The van der Waals surface area contributed by atoms with Crippen molar-refractivity contribution >= 4 is 33.1 Å². The molecule has 0 radical (unpaired) electrons. The molecule has 0 saturated heterocycles. The van der Waals surface area contributed by atoms with E-state index in [1.807, 2.05) is 20.8 Å². The Kier molecular flexibility index (Phi) is 4.92. The summed E-state index contributed by atoms with van der Waals surface area (Å²) in [5.74, 6) is -0.345. The molecule has 0 heterocycles. The monoisotopic (exact) mass is 351 g/mol. The maximum absolute atomic E-state index is 12.5. The first kappa shape index (κ1) is 17.6. The Morgan fingerprint density at radius 2 is 1.65 bits per heavy atom. The van der Waals surface area contributed by atoms with E-state index in [9.17, 15) is 13.2 Å². The zero-order valence-corrected chi connectivity index (χ0v) is 15.0. The van der Waals surface area contributed by atoms with Gasteiger partial charge >= 0.3 is 0 Å². The highest BCUT2D eigenvalue weighted by Crippen LogP contribution is 2.28. The Morgan fingerprint density at radius 1 is 1.09 bits per heavy atom. The van der Waals surface area contributed by atoms with Gasteiger partial charge in [0.15, 0.2) is 0 Å². The molecule has 1 aliphatic carbocycles. The first-order valence-corrected chi connectivity index (χ1v) is 9.00. The Balaban J connectivity index is 2.56. The van der Waals surface area contributed by atoms with Crippen LogP contribution in [0.15, 0.2) is 55.8 Å². The van der Waals surface area contributed by atoms with Gasteiger partial charge in [-0.1, -0.05) is 43.1 Å². The van der Waals surface area contributed by atoms with E-state index < -0.39 is 10.0 Å². The lowest BCUT2D eigenvalue weighted by Gasteiger charge is -2.17. The number of carbonyl (C=O) groups is 1. The fraction of sp³-hybridized carbons (Fsp3) is 0.294. The normalized spacial score (nSPS) is 17.9. The van der Waals surface area contributed by atoms with E-state index in [1.54, 1.807) is 19.1 Å². The van der Waals surface area contributed by atoms with Crippen LogP contribution in [0.25, 0.3) is 0 Å². The van der Waals surface area contributed by atoms with Crippen molar-refractivity contribution in [2.24, 2.45) is 10.3 Å². The summed E-state index contributed by atoms with van der Waals surface area (Å²) < 4.78 is 28.8. The average Bonchev–Trinajstić information content (AvgIpc) is 2.48. The first-order valence-electron chi connectivity index (χ1n) is 7.18. The highest BCUT2D eigenvalue weighted by molar-refractivity contribution is 7.90. The van der Waals surface area contributed by atoms with E-state index in [0.717, 1.165) is 5.56 Å². The molecule has 4 nitrogen and oxygen atoms in total. The second kappa shape index (κ2) is 6.42. The minimum atomic E-state index is -3.86. The number of benzene rings is 1. The van der Waals surface area contributed by atoms with Crippen molar-refractivity contribution in [1.82, 2.24) is 0 Å². The molecule has 1 aromatic rings. The van der Waals surface area contributed by atoms with Crippen molar-refractivity contribution in [3.05, 3.63) is 52.1 Å². The van der Waals surface area contributed by atoms with Gasteiger partial charge in [0.05, 0.1) is 15.6 Å². The summed E-state index contributed by atoms with van der Waals surface area (Å²) in [5.41, 5.74) is 2.00. The van der Waals surface area contributed by atoms with Crippen LogP contribution >= 0.6 is 11.6 Å². The zero-order chi connectivity index (χ0) is 17.4. The molecule has 0 bridgehead atoms. The maximum atomic E-state index is 12.5. The van der Waals surface area contributed by atoms with Gasteiger partial charge in [-0.3, -0.25) is 4.79 Å². The van der Waals surface area contributed by atoms with Crippen LogP contribution in [0.4, 0.5) is 0 Å². The van der Waals surface area contributed by atoms with Crippen LogP contribution in [0.1, 0.15) is 26.3 Å². The maximum Gasteiger partial charge on any atom is 0.282 e. The van der Waals surface area contributed by atoms with Crippen LogP contribution in [0.2, 0.25) is 0 Å². The SMILES string of the molecule is CC1=C(Cl)C(=O)C(C(C)C)=CC1=NS(=O)(=O)c1ccc(C)cc1. The minimum absolute atomic E-state index is 0.0223. The molecule has 1 aromatic carbocycles. The van der Waals surface area contributed by atoms with E-state index in [0.29, 0.717) is 11.1 Å². The molecule has 122 valence electrons. The third kappa shape index (κ3) is 3.62. The Labute approximate surface area is 141 Å². The fourth-order valence-electron chi connectivity index (χ4n) is 2.15. The molecule has 0 atom stereocenters. The average molecular weight is 352 g/mol. The molecule has 0 unspecified atom stereocenters. The Hall–Kier alpha value is -1.72. The summed E-state index contributed by atoms with van der Waals surface area (Å²) in [6.45, 7) is 7.16. The molecule has 0 aromatic heterocycles. The number of allylic oxidation sites excluding steroid dienone is 4. The fourth-order valence-corrected chi connectivity index (χ4v) is 3.39. The van der Waals surface area contributed by atoms with Crippen molar-refractivity contribution in [3.8, 4) is 0 Å². The number of hydrogen-bond acceptors (Lipinski definition) is 3. The van der Waals surface area contributed by atoms with Gasteiger partial charge in [0.1, 0.15) is 0 Å². The number of sulfonamides is 1. The highest BCUT2D eigenvalue weighted by atomic mass is 35.5. The summed E-state index contributed by atoms with van der Waals surface area (Å²) in [6.07, 6.45) is 1.51. The van der Waals surface area contributed by atoms with Gasteiger partial charge in [0.25, 0.3) is 10.0 Å². The van der Waals surface area contributed by atoms with Crippen LogP contribution < -0.4 is 0 Å². The van der Waals surface area contributed by atoms with Crippen LogP contribution in [-0.4, -0.2) is 19.9 Å². The van der Waals surface area contributed by atoms with Crippen molar-refractivity contribution in [1.29, 1.82) is 0 Å². The number of hydrogen-bond donors (Lipinski definition) is 0. The third-order valence-corrected chi connectivity index (χ3v) is 5.39. The lowest BCUT2D eigenvalue weighted by Crippen LogP contribution is -2.19. The summed E-state index contributed by atoms with van der Waals surface area (Å²) in [7, 11) is -3.86.